The Morgan fingerprint density at radius 3 is 2.35 bits per heavy atom. The molecule has 0 atom stereocenters. The summed E-state index contributed by atoms with van der Waals surface area (Å²) in [6.07, 6.45) is 1.97. The minimum absolute atomic E-state index is 1.06. The Kier molecular flexibility index (Phi) is 3.66. The molecule has 1 saturated heterocycles. The summed E-state index contributed by atoms with van der Waals surface area (Å²) in [4.78, 5) is 10.7. The fourth-order valence-corrected chi connectivity index (χ4v) is 3.52. The third kappa shape index (κ3) is 2.52. The maximum Gasteiger partial charge on any atom is 0.185 e. The maximum absolute atomic E-state index is 4.49. The van der Waals surface area contributed by atoms with Crippen molar-refractivity contribution in [3.8, 4) is 0 Å². The van der Waals surface area contributed by atoms with E-state index in [2.05, 4.69) is 53.8 Å². The van der Waals surface area contributed by atoms with Gasteiger partial charge < -0.3 is 9.80 Å². The lowest BCUT2D eigenvalue weighted by atomic mass is 10.1. The van der Waals surface area contributed by atoms with E-state index in [-0.39, 0.29) is 0 Å². The molecule has 1 aliphatic heterocycles. The average Bonchev–Trinajstić information content (AvgIpc) is 2.89. The molecular weight excluding hydrogens is 266 g/mol. The van der Waals surface area contributed by atoms with Gasteiger partial charge >= 0.3 is 0 Å². The highest BCUT2D eigenvalue weighted by Gasteiger charge is 2.20. The minimum atomic E-state index is 1.06. The third-order valence-corrected chi connectivity index (χ3v) is 5.05. The van der Waals surface area contributed by atoms with Gasteiger partial charge in [-0.1, -0.05) is 12.1 Å². The van der Waals surface area contributed by atoms with Gasteiger partial charge in [0.25, 0.3) is 0 Å². The standard InChI is InChI=1S/C16H21N3S/c1-12-5-4-6-15(14(12)3)18-7-9-19(10-8-18)16-17-11-13(2)20-16/h4-6,11H,7-10H2,1-3H3. The molecule has 1 fully saturated rings. The Balaban J connectivity index is 1.71. The van der Waals surface area contributed by atoms with E-state index in [1.54, 1.807) is 11.3 Å². The number of anilines is 2. The summed E-state index contributed by atoms with van der Waals surface area (Å²) in [5, 5.41) is 1.17. The van der Waals surface area contributed by atoms with Crippen molar-refractivity contribution < 1.29 is 0 Å². The summed E-state index contributed by atoms with van der Waals surface area (Å²) in [7, 11) is 0. The predicted octanol–water partition coefficient (Wildman–Crippen LogP) is 3.39. The number of hydrogen-bond acceptors (Lipinski definition) is 4. The van der Waals surface area contributed by atoms with Gasteiger partial charge in [0.15, 0.2) is 5.13 Å². The molecule has 0 N–H and O–H groups in total. The van der Waals surface area contributed by atoms with Crippen molar-refractivity contribution in [2.24, 2.45) is 0 Å². The molecule has 0 radical (unpaired) electrons. The lowest BCUT2D eigenvalue weighted by molar-refractivity contribution is 0.651. The van der Waals surface area contributed by atoms with Crippen LogP contribution in [0.5, 0.6) is 0 Å². The zero-order valence-electron chi connectivity index (χ0n) is 12.4. The normalized spacial score (nSPS) is 15.8. The van der Waals surface area contributed by atoms with Gasteiger partial charge in [-0.3, -0.25) is 0 Å². The summed E-state index contributed by atoms with van der Waals surface area (Å²) in [6.45, 7) is 10.8. The Hall–Kier alpha value is -1.55. The number of rotatable bonds is 2. The van der Waals surface area contributed by atoms with E-state index in [0.29, 0.717) is 0 Å². The molecule has 0 unspecified atom stereocenters. The molecule has 1 aliphatic rings. The number of piperazine rings is 1. The minimum Gasteiger partial charge on any atom is -0.368 e. The van der Waals surface area contributed by atoms with Gasteiger partial charge in [0, 0.05) is 42.9 Å². The Morgan fingerprint density at radius 1 is 1.00 bits per heavy atom. The first kappa shape index (κ1) is 13.4. The van der Waals surface area contributed by atoms with E-state index >= 15 is 0 Å². The number of benzene rings is 1. The molecular formula is C16H21N3S. The number of aromatic nitrogens is 1. The molecule has 4 heteroatoms. The molecule has 2 heterocycles. The summed E-state index contributed by atoms with van der Waals surface area (Å²) >= 11 is 1.79. The van der Waals surface area contributed by atoms with E-state index < -0.39 is 0 Å². The number of thiazole rings is 1. The quantitative estimate of drug-likeness (QED) is 0.844. The third-order valence-electron chi connectivity index (χ3n) is 4.08. The van der Waals surface area contributed by atoms with Crippen LogP contribution in [-0.4, -0.2) is 31.2 Å². The predicted molar refractivity (Wildman–Crippen MR) is 87.2 cm³/mol. The lowest BCUT2D eigenvalue weighted by Crippen LogP contribution is -2.46. The molecule has 1 aromatic heterocycles. The second-order valence-corrected chi connectivity index (χ2v) is 6.66. The Bertz CT molecular complexity index is 598. The van der Waals surface area contributed by atoms with E-state index in [1.165, 1.54) is 26.8 Å². The van der Waals surface area contributed by atoms with Crippen LogP contribution in [0.1, 0.15) is 16.0 Å². The maximum atomic E-state index is 4.49. The lowest BCUT2D eigenvalue weighted by Gasteiger charge is -2.36. The first-order chi connectivity index (χ1) is 9.65. The zero-order valence-corrected chi connectivity index (χ0v) is 13.2. The summed E-state index contributed by atoms with van der Waals surface area (Å²) in [6, 6.07) is 6.59. The van der Waals surface area contributed by atoms with Crippen LogP contribution >= 0.6 is 11.3 Å². The molecule has 2 aromatic rings. The van der Waals surface area contributed by atoms with Crippen LogP contribution in [0.4, 0.5) is 10.8 Å². The molecule has 0 spiro atoms. The van der Waals surface area contributed by atoms with E-state index in [1.807, 2.05) is 6.20 Å². The van der Waals surface area contributed by atoms with Crippen molar-refractivity contribution in [2.75, 3.05) is 36.0 Å². The number of hydrogen-bond donors (Lipinski definition) is 0. The van der Waals surface area contributed by atoms with Crippen molar-refractivity contribution in [3.63, 3.8) is 0 Å². The second-order valence-electron chi connectivity index (χ2n) is 5.45. The molecule has 20 heavy (non-hydrogen) atoms. The van der Waals surface area contributed by atoms with Crippen LogP contribution in [0.15, 0.2) is 24.4 Å². The molecule has 0 bridgehead atoms. The van der Waals surface area contributed by atoms with Gasteiger partial charge in [0.05, 0.1) is 0 Å². The van der Waals surface area contributed by atoms with Crippen molar-refractivity contribution in [1.82, 2.24) is 4.98 Å². The van der Waals surface area contributed by atoms with Crippen LogP contribution in [0.3, 0.4) is 0 Å². The molecule has 0 amide bonds. The van der Waals surface area contributed by atoms with Gasteiger partial charge in [0.1, 0.15) is 0 Å². The smallest absolute Gasteiger partial charge is 0.185 e. The molecule has 0 aliphatic carbocycles. The van der Waals surface area contributed by atoms with Gasteiger partial charge in [-0.05, 0) is 38.0 Å². The second kappa shape index (κ2) is 5.44. The highest BCUT2D eigenvalue weighted by molar-refractivity contribution is 7.15. The summed E-state index contributed by atoms with van der Waals surface area (Å²) in [5.41, 5.74) is 4.17. The molecule has 3 rings (SSSR count). The van der Waals surface area contributed by atoms with Crippen LogP contribution < -0.4 is 9.80 Å². The summed E-state index contributed by atoms with van der Waals surface area (Å²) in [5.74, 6) is 0. The molecule has 0 saturated carbocycles. The number of nitrogens with zero attached hydrogens (tertiary/aromatic N) is 3. The van der Waals surface area contributed by atoms with Gasteiger partial charge in [-0.25, -0.2) is 4.98 Å². The van der Waals surface area contributed by atoms with E-state index in [0.717, 1.165) is 26.2 Å². The Morgan fingerprint density at radius 2 is 1.70 bits per heavy atom. The SMILES string of the molecule is Cc1cnc(N2CCN(c3cccc(C)c3C)CC2)s1. The van der Waals surface area contributed by atoms with E-state index in [9.17, 15) is 0 Å². The van der Waals surface area contributed by atoms with Crippen LogP contribution in [0.2, 0.25) is 0 Å². The monoisotopic (exact) mass is 287 g/mol. The van der Waals surface area contributed by atoms with Crippen LogP contribution in [0.25, 0.3) is 0 Å². The van der Waals surface area contributed by atoms with E-state index in [4.69, 9.17) is 0 Å². The first-order valence-electron chi connectivity index (χ1n) is 7.13. The topological polar surface area (TPSA) is 19.4 Å². The van der Waals surface area contributed by atoms with Gasteiger partial charge in [-0.15, -0.1) is 11.3 Å². The van der Waals surface area contributed by atoms with Crippen molar-refractivity contribution in [2.45, 2.75) is 20.8 Å². The van der Waals surface area contributed by atoms with Crippen LogP contribution in [0, 0.1) is 20.8 Å². The highest BCUT2D eigenvalue weighted by Crippen LogP contribution is 2.27. The molecule has 106 valence electrons. The summed E-state index contributed by atoms with van der Waals surface area (Å²) < 4.78 is 0. The van der Waals surface area contributed by atoms with Crippen LogP contribution in [-0.2, 0) is 0 Å². The molecule has 3 nitrogen and oxygen atoms in total. The Labute approximate surface area is 124 Å². The average molecular weight is 287 g/mol. The molecule has 1 aromatic carbocycles. The highest BCUT2D eigenvalue weighted by atomic mass is 32.1. The van der Waals surface area contributed by atoms with Crippen molar-refractivity contribution >= 4 is 22.2 Å². The zero-order chi connectivity index (χ0) is 14.1. The fourth-order valence-electron chi connectivity index (χ4n) is 2.71. The van der Waals surface area contributed by atoms with Gasteiger partial charge in [-0.2, -0.15) is 0 Å². The largest absolute Gasteiger partial charge is 0.368 e. The number of aryl methyl sites for hydroxylation is 2. The van der Waals surface area contributed by atoms with Crippen molar-refractivity contribution in [1.29, 1.82) is 0 Å². The van der Waals surface area contributed by atoms with Gasteiger partial charge in [0.2, 0.25) is 0 Å². The van der Waals surface area contributed by atoms with Crippen molar-refractivity contribution in [3.05, 3.63) is 40.4 Å². The fraction of sp³-hybridized carbons (Fsp3) is 0.438. The first-order valence-corrected chi connectivity index (χ1v) is 7.95.